The molecule has 1 aromatic heterocycles. The summed E-state index contributed by atoms with van der Waals surface area (Å²) in [7, 11) is 0. The summed E-state index contributed by atoms with van der Waals surface area (Å²) >= 11 is 0. The molecule has 0 saturated heterocycles. The van der Waals surface area contributed by atoms with Gasteiger partial charge in [0, 0.05) is 25.3 Å². The van der Waals surface area contributed by atoms with Crippen LogP contribution in [0.5, 0.6) is 0 Å². The highest BCUT2D eigenvalue weighted by atomic mass is 15.2. The Morgan fingerprint density at radius 2 is 2.33 bits per heavy atom. The van der Waals surface area contributed by atoms with Crippen LogP contribution in [0.4, 0.5) is 5.82 Å². The molecule has 98 valence electrons. The molecule has 18 heavy (non-hydrogen) atoms. The van der Waals surface area contributed by atoms with Crippen LogP contribution in [0.25, 0.3) is 0 Å². The molecule has 2 heterocycles. The fraction of sp³-hybridized carbons (Fsp3) is 0.533. The van der Waals surface area contributed by atoms with Gasteiger partial charge in [0.05, 0.1) is 0 Å². The third-order valence-corrected chi connectivity index (χ3v) is 3.44. The first kappa shape index (κ1) is 13.1. The van der Waals surface area contributed by atoms with Gasteiger partial charge in [-0.25, -0.2) is 4.98 Å². The Kier molecular flexibility index (Phi) is 4.37. The van der Waals surface area contributed by atoms with Crippen molar-refractivity contribution >= 4 is 5.82 Å². The molecule has 3 nitrogen and oxygen atoms in total. The molecular weight excluding hydrogens is 222 g/mol. The van der Waals surface area contributed by atoms with Crippen LogP contribution in [0, 0.1) is 0 Å². The maximum Gasteiger partial charge on any atom is 0.129 e. The summed E-state index contributed by atoms with van der Waals surface area (Å²) in [4.78, 5) is 6.87. The number of hydrogen-bond donors (Lipinski definition) is 1. The number of hydrogen-bond acceptors (Lipinski definition) is 3. The molecule has 1 N–H and O–H groups in total. The van der Waals surface area contributed by atoms with E-state index in [1.807, 2.05) is 6.20 Å². The Morgan fingerprint density at radius 1 is 1.50 bits per heavy atom. The van der Waals surface area contributed by atoms with E-state index < -0.39 is 0 Å². The van der Waals surface area contributed by atoms with Crippen molar-refractivity contribution in [2.24, 2.45) is 0 Å². The van der Waals surface area contributed by atoms with Crippen LogP contribution in [-0.2, 0) is 0 Å². The number of anilines is 1. The number of aromatic nitrogens is 1. The predicted molar refractivity (Wildman–Crippen MR) is 76.9 cm³/mol. The summed E-state index contributed by atoms with van der Waals surface area (Å²) in [6, 6.07) is 4.70. The van der Waals surface area contributed by atoms with Crippen LogP contribution in [-0.4, -0.2) is 24.6 Å². The minimum absolute atomic E-state index is 0.387. The van der Waals surface area contributed by atoms with Crippen molar-refractivity contribution in [3.63, 3.8) is 0 Å². The Morgan fingerprint density at radius 3 is 3.06 bits per heavy atom. The smallest absolute Gasteiger partial charge is 0.129 e. The van der Waals surface area contributed by atoms with Gasteiger partial charge in [-0.15, -0.1) is 0 Å². The summed E-state index contributed by atoms with van der Waals surface area (Å²) < 4.78 is 0. The van der Waals surface area contributed by atoms with Crippen molar-refractivity contribution < 1.29 is 0 Å². The zero-order chi connectivity index (χ0) is 13.0. The number of nitrogens with one attached hydrogen (secondary N) is 1. The zero-order valence-electron chi connectivity index (χ0n) is 11.6. The molecule has 0 amide bonds. The maximum atomic E-state index is 4.51. The summed E-state index contributed by atoms with van der Waals surface area (Å²) in [5.74, 6) is 1.10. The van der Waals surface area contributed by atoms with E-state index in [0.717, 1.165) is 31.9 Å². The second-order valence-corrected chi connectivity index (χ2v) is 4.99. The van der Waals surface area contributed by atoms with Crippen LogP contribution >= 0.6 is 0 Å². The number of pyridine rings is 1. The van der Waals surface area contributed by atoms with Crippen molar-refractivity contribution in [1.82, 2.24) is 10.3 Å². The highest BCUT2D eigenvalue weighted by molar-refractivity contribution is 5.44. The van der Waals surface area contributed by atoms with E-state index in [9.17, 15) is 0 Å². The van der Waals surface area contributed by atoms with Gasteiger partial charge in [-0.3, -0.25) is 0 Å². The molecule has 1 atom stereocenters. The summed E-state index contributed by atoms with van der Waals surface area (Å²) in [5.41, 5.74) is 2.75. The molecule has 0 spiro atoms. The quantitative estimate of drug-likeness (QED) is 0.827. The standard InChI is InChI=1S/C15H23N3/c1-4-16-13(3)14-7-8-17-15(10-14)18-9-5-6-12(2)11-18/h6-8,10,13,16H,4-5,9,11H2,1-3H3. The fourth-order valence-electron chi connectivity index (χ4n) is 2.41. The molecule has 0 fully saturated rings. The minimum atomic E-state index is 0.387. The minimum Gasteiger partial charge on any atom is -0.352 e. The van der Waals surface area contributed by atoms with Crippen LogP contribution in [0.1, 0.15) is 38.8 Å². The lowest BCUT2D eigenvalue weighted by Gasteiger charge is -2.28. The first-order valence-electron chi connectivity index (χ1n) is 6.80. The van der Waals surface area contributed by atoms with Gasteiger partial charge in [-0.05, 0) is 44.5 Å². The molecule has 0 bridgehead atoms. The van der Waals surface area contributed by atoms with E-state index in [-0.39, 0.29) is 0 Å². The Balaban J connectivity index is 2.14. The van der Waals surface area contributed by atoms with Crippen LogP contribution < -0.4 is 10.2 Å². The summed E-state index contributed by atoms with van der Waals surface area (Å²) in [5, 5.41) is 3.44. The Bertz CT molecular complexity index is 426. The van der Waals surface area contributed by atoms with Crippen molar-refractivity contribution in [2.75, 3.05) is 24.5 Å². The molecule has 0 aliphatic carbocycles. The molecule has 0 saturated carbocycles. The Hall–Kier alpha value is -1.35. The van der Waals surface area contributed by atoms with Gasteiger partial charge in [0.1, 0.15) is 5.82 Å². The zero-order valence-corrected chi connectivity index (χ0v) is 11.6. The first-order chi connectivity index (χ1) is 8.70. The highest BCUT2D eigenvalue weighted by Gasteiger charge is 2.13. The van der Waals surface area contributed by atoms with E-state index >= 15 is 0 Å². The number of nitrogens with zero attached hydrogens (tertiary/aromatic N) is 2. The van der Waals surface area contributed by atoms with Crippen molar-refractivity contribution in [3.8, 4) is 0 Å². The summed E-state index contributed by atoms with van der Waals surface area (Å²) in [6.07, 6.45) is 5.37. The van der Waals surface area contributed by atoms with Crippen LogP contribution in [0.15, 0.2) is 30.0 Å². The third kappa shape index (κ3) is 3.10. The molecule has 2 rings (SSSR count). The normalized spacial score (nSPS) is 17.5. The molecule has 1 aromatic rings. The molecule has 1 aliphatic heterocycles. The fourth-order valence-corrected chi connectivity index (χ4v) is 2.41. The SMILES string of the molecule is CCNC(C)c1ccnc(N2CCC=C(C)C2)c1. The molecule has 1 unspecified atom stereocenters. The van der Waals surface area contributed by atoms with E-state index in [1.54, 1.807) is 0 Å². The maximum absolute atomic E-state index is 4.51. The van der Waals surface area contributed by atoms with Crippen molar-refractivity contribution in [2.45, 2.75) is 33.2 Å². The highest BCUT2D eigenvalue weighted by Crippen LogP contribution is 2.21. The lowest BCUT2D eigenvalue weighted by Crippen LogP contribution is -2.30. The third-order valence-electron chi connectivity index (χ3n) is 3.44. The monoisotopic (exact) mass is 245 g/mol. The molecule has 1 aliphatic rings. The van der Waals surface area contributed by atoms with Crippen molar-refractivity contribution in [3.05, 3.63) is 35.5 Å². The van der Waals surface area contributed by atoms with E-state index in [1.165, 1.54) is 11.1 Å². The van der Waals surface area contributed by atoms with Crippen LogP contribution in [0.3, 0.4) is 0 Å². The van der Waals surface area contributed by atoms with Crippen LogP contribution in [0.2, 0.25) is 0 Å². The van der Waals surface area contributed by atoms with E-state index in [0.29, 0.717) is 6.04 Å². The lowest BCUT2D eigenvalue weighted by molar-refractivity contribution is 0.597. The summed E-state index contributed by atoms with van der Waals surface area (Å²) in [6.45, 7) is 9.60. The molecule has 0 radical (unpaired) electrons. The molecule has 3 heteroatoms. The van der Waals surface area contributed by atoms with Gasteiger partial charge in [-0.1, -0.05) is 18.6 Å². The second kappa shape index (κ2) is 6.01. The van der Waals surface area contributed by atoms with Gasteiger partial charge >= 0.3 is 0 Å². The largest absolute Gasteiger partial charge is 0.352 e. The average molecular weight is 245 g/mol. The van der Waals surface area contributed by atoms with Crippen molar-refractivity contribution in [1.29, 1.82) is 0 Å². The van der Waals surface area contributed by atoms with Gasteiger partial charge in [0.15, 0.2) is 0 Å². The van der Waals surface area contributed by atoms with E-state index in [4.69, 9.17) is 0 Å². The van der Waals surface area contributed by atoms with Gasteiger partial charge in [0.25, 0.3) is 0 Å². The van der Waals surface area contributed by atoms with Gasteiger partial charge in [0.2, 0.25) is 0 Å². The predicted octanol–water partition coefficient (Wildman–Crippen LogP) is 2.91. The first-order valence-corrected chi connectivity index (χ1v) is 6.80. The van der Waals surface area contributed by atoms with Gasteiger partial charge in [-0.2, -0.15) is 0 Å². The molecule has 0 aromatic carbocycles. The molecular formula is C15H23N3. The lowest BCUT2D eigenvalue weighted by atomic mass is 10.1. The second-order valence-electron chi connectivity index (χ2n) is 4.99. The topological polar surface area (TPSA) is 28.2 Å². The Labute approximate surface area is 110 Å². The average Bonchev–Trinajstić information content (AvgIpc) is 2.39. The van der Waals surface area contributed by atoms with Gasteiger partial charge < -0.3 is 10.2 Å². The van der Waals surface area contributed by atoms with E-state index in [2.05, 4.69) is 54.2 Å². The number of rotatable bonds is 4.